The number of benzene rings is 1. The summed E-state index contributed by atoms with van der Waals surface area (Å²) in [5.41, 5.74) is 5.88. The Morgan fingerprint density at radius 1 is 1.37 bits per heavy atom. The molecule has 2 rings (SSSR count). The summed E-state index contributed by atoms with van der Waals surface area (Å²) in [7, 11) is 0. The third-order valence-electron chi connectivity index (χ3n) is 4.02. The number of nitrogens with two attached hydrogens (primary N) is 1. The summed E-state index contributed by atoms with van der Waals surface area (Å²) in [6.45, 7) is 5.95. The Bertz CT molecular complexity index is 465. The molecule has 0 saturated carbocycles. The van der Waals surface area contributed by atoms with E-state index in [0.717, 1.165) is 25.9 Å². The van der Waals surface area contributed by atoms with Crippen molar-refractivity contribution in [3.63, 3.8) is 0 Å². The standard InChI is InChI=1S/C15H21FN2O/c1-10(2)11-5-7-18(8-6-11)15(19)12-3-4-14(17)13(16)9-12/h3-4,9-11H,5-8,17H2,1-2H3. The van der Waals surface area contributed by atoms with Gasteiger partial charge < -0.3 is 10.6 Å². The fourth-order valence-electron chi connectivity index (χ4n) is 2.61. The Morgan fingerprint density at radius 3 is 2.53 bits per heavy atom. The lowest BCUT2D eigenvalue weighted by Crippen LogP contribution is -2.39. The molecular weight excluding hydrogens is 243 g/mol. The number of hydrogen-bond acceptors (Lipinski definition) is 2. The molecule has 0 aliphatic carbocycles. The number of nitrogens with zero attached hydrogens (tertiary/aromatic N) is 1. The van der Waals surface area contributed by atoms with Crippen molar-refractivity contribution in [1.82, 2.24) is 4.90 Å². The molecule has 1 aliphatic heterocycles. The Hall–Kier alpha value is -1.58. The van der Waals surface area contributed by atoms with Gasteiger partial charge in [0, 0.05) is 18.7 Å². The van der Waals surface area contributed by atoms with Crippen LogP contribution in [0.15, 0.2) is 18.2 Å². The van der Waals surface area contributed by atoms with E-state index in [2.05, 4.69) is 13.8 Å². The predicted molar refractivity (Wildman–Crippen MR) is 74.3 cm³/mol. The number of likely N-dealkylation sites (tertiary alicyclic amines) is 1. The molecule has 0 unspecified atom stereocenters. The quantitative estimate of drug-likeness (QED) is 0.835. The number of anilines is 1. The van der Waals surface area contributed by atoms with E-state index in [1.807, 2.05) is 4.90 Å². The summed E-state index contributed by atoms with van der Waals surface area (Å²) in [5, 5.41) is 0. The Kier molecular flexibility index (Phi) is 4.08. The fraction of sp³-hybridized carbons (Fsp3) is 0.533. The van der Waals surface area contributed by atoms with E-state index < -0.39 is 5.82 Å². The van der Waals surface area contributed by atoms with Crippen molar-refractivity contribution >= 4 is 11.6 Å². The second kappa shape index (κ2) is 5.59. The smallest absolute Gasteiger partial charge is 0.253 e. The molecule has 0 bridgehead atoms. The van der Waals surface area contributed by atoms with Gasteiger partial charge in [0.2, 0.25) is 0 Å². The maximum atomic E-state index is 13.4. The molecular formula is C15H21FN2O. The first-order chi connectivity index (χ1) is 8.99. The summed E-state index contributed by atoms with van der Waals surface area (Å²) in [5.74, 6) is 0.724. The second-order valence-corrected chi connectivity index (χ2v) is 5.61. The number of carbonyl (C=O) groups excluding carboxylic acids is 1. The molecule has 1 amide bonds. The highest BCUT2D eigenvalue weighted by Gasteiger charge is 2.25. The number of halogens is 1. The molecule has 3 nitrogen and oxygen atoms in total. The summed E-state index contributed by atoms with van der Waals surface area (Å²) >= 11 is 0. The lowest BCUT2D eigenvalue weighted by Gasteiger charge is -2.34. The number of carbonyl (C=O) groups is 1. The van der Waals surface area contributed by atoms with Gasteiger partial charge >= 0.3 is 0 Å². The van der Waals surface area contributed by atoms with Gasteiger partial charge in [-0.25, -0.2) is 4.39 Å². The molecule has 1 aromatic carbocycles. The van der Waals surface area contributed by atoms with E-state index in [0.29, 0.717) is 17.4 Å². The van der Waals surface area contributed by atoms with Crippen LogP contribution in [0.3, 0.4) is 0 Å². The molecule has 1 aromatic rings. The molecule has 2 N–H and O–H groups in total. The SMILES string of the molecule is CC(C)C1CCN(C(=O)c2ccc(N)c(F)c2)CC1. The zero-order chi connectivity index (χ0) is 14.0. The summed E-state index contributed by atoms with van der Waals surface area (Å²) < 4.78 is 13.4. The van der Waals surface area contributed by atoms with Crippen LogP contribution in [-0.4, -0.2) is 23.9 Å². The van der Waals surface area contributed by atoms with Crippen molar-refractivity contribution in [1.29, 1.82) is 0 Å². The van der Waals surface area contributed by atoms with E-state index in [9.17, 15) is 9.18 Å². The Labute approximate surface area is 113 Å². The number of piperidine rings is 1. The van der Waals surface area contributed by atoms with Gasteiger partial charge in [0.1, 0.15) is 5.82 Å². The van der Waals surface area contributed by atoms with Crippen LogP contribution in [0.2, 0.25) is 0 Å². The minimum Gasteiger partial charge on any atom is -0.396 e. The van der Waals surface area contributed by atoms with Crippen LogP contribution < -0.4 is 5.73 Å². The van der Waals surface area contributed by atoms with Crippen LogP contribution >= 0.6 is 0 Å². The average molecular weight is 264 g/mol. The van der Waals surface area contributed by atoms with Gasteiger partial charge in [-0.2, -0.15) is 0 Å². The molecule has 0 spiro atoms. The molecule has 0 radical (unpaired) electrons. The van der Waals surface area contributed by atoms with Gasteiger partial charge in [0.05, 0.1) is 5.69 Å². The third kappa shape index (κ3) is 3.06. The molecule has 19 heavy (non-hydrogen) atoms. The predicted octanol–water partition coefficient (Wildman–Crippen LogP) is 2.92. The first kappa shape index (κ1) is 13.8. The first-order valence-corrected chi connectivity index (χ1v) is 6.83. The van der Waals surface area contributed by atoms with Crippen LogP contribution in [0, 0.1) is 17.7 Å². The zero-order valence-corrected chi connectivity index (χ0v) is 11.5. The van der Waals surface area contributed by atoms with Gasteiger partial charge in [-0.1, -0.05) is 13.8 Å². The van der Waals surface area contributed by atoms with Crippen LogP contribution in [-0.2, 0) is 0 Å². The zero-order valence-electron chi connectivity index (χ0n) is 11.5. The minimum atomic E-state index is -0.525. The van der Waals surface area contributed by atoms with E-state index in [4.69, 9.17) is 5.73 Å². The number of amides is 1. The largest absolute Gasteiger partial charge is 0.396 e. The normalized spacial score (nSPS) is 16.9. The number of nitrogen functional groups attached to an aromatic ring is 1. The van der Waals surface area contributed by atoms with Crippen LogP contribution in [0.5, 0.6) is 0 Å². The monoisotopic (exact) mass is 264 g/mol. The highest BCUT2D eigenvalue weighted by molar-refractivity contribution is 5.94. The summed E-state index contributed by atoms with van der Waals surface area (Å²) in [4.78, 5) is 14.1. The van der Waals surface area contributed by atoms with Crippen molar-refractivity contribution in [2.24, 2.45) is 11.8 Å². The maximum absolute atomic E-state index is 13.4. The number of rotatable bonds is 2. The minimum absolute atomic E-state index is 0.0788. The van der Waals surface area contributed by atoms with E-state index >= 15 is 0 Å². The van der Waals surface area contributed by atoms with Crippen LogP contribution in [0.25, 0.3) is 0 Å². The summed E-state index contributed by atoms with van der Waals surface area (Å²) in [6.07, 6.45) is 2.06. The van der Waals surface area contributed by atoms with Gasteiger partial charge in [-0.05, 0) is 42.9 Å². The van der Waals surface area contributed by atoms with Crippen molar-refractivity contribution in [2.75, 3.05) is 18.8 Å². The van der Waals surface area contributed by atoms with Crippen LogP contribution in [0.1, 0.15) is 37.0 Å². The molecule has 1 aliphatic rings. The lowest BCUT2D eigenvalue weighted by molar-refractivity contribution is 0.0667. The topological polar surface area (TPSA) is 46.3 Å². The molecule has 4 heteroatoms. The van der Waals surface area contributed by atoms with E-state index in [1.165, 1.54) is 12.1 Å². The van der Waals surface area contributed by atoms with Gasteiger partial charge in [0.15, 0.2) is 0 Å². The Morgan fingerprint density at radius 2 is 2.00 bits per heavy atom. The lowest BCUT2D eigenvalue weighted by atomic mass is 9.86. The average Bonchev–Trinajstić information content (AvgIpc) is 2.41. The van der Waals surface area contributed by atoms with Gasteiger partial charge in [-0.15, -0.1) is 0 Å². The summed E-state index contributed by atoms with van der Waals surface area (Å²) in [6, 6.07) is 4.27. The maximum Gasteiger partial charge on any atom is 0.253 e. The first-order valence-electron chi connectivity index (χ1n) is 6.83. The molecule has 1 heterocycles. The Balaban J connectivity index is 2.03. The van der Waals surface area contributed by atoms with E-state index in [1.54, 1.807) is 6.07 Å². The van der Waals surface area contributed by atoms with Crippen molar-refractivity contribution in [3.8, 4) is 0 Å². The van der Waals surface area contributed by atoms with Crippen molar-refractivity contribution < 1.29 is 9.18 Å². The van der Waals surface area contributed by atoms with Gasteiger partial charge in [0.25, 0.3) is 5.91 Å². The molecule has 0 atom stereocenters. The van der Waals surface area contributed by atoms with E-state index in [-0.39, 0.29) is 11.6 Å². The van der Waals surface area contributed by atoms with Crippen molar-refractivity contribution in [3.05, 3.63) is 29.6 Å². The molecule has 104 valence electrons. The third-order valence-corrected chi connectivity index (χ3v) is 4.02. The molecule has 1 fully saturated rings. The highest BCUT2D eigenvalue weighted by atomic mass is 19.1. The molecule has 0 aromatic heterocycles. The van der Waals surface area contributed by atoms with Crippen LogP contribution in [0.4, 0.5) is 10.1 Å². The van der Waals surface area contributed by atoms with Gasteiger partial charge in [-0.3, -0.25) is 4.79 Å². The second-order valence-electron chi connectivity index (χ2n) is 5.61. The fourth-order valence-corrected chi connectivity index (χ4v) is 2.61. The highest BCUT2D eigenvalue weighted by Crippen LogP contribution is 2.25. The van der Waals surface area contributed by atoms with Crippen molar-refractivity contribution in [2.45, 2.75) is 26.7 Å². The molecule has 1 saturated heterocycles. The number of hydrogen-bond donors (Lipinski definition) is 1.